The topological polar surface area (TPSA) is 98.7 Å². The highest BCUT2D eigenvalue weighted by molar-refractivity contribution is 7.92. The van der Waals surface area contributed by atoms with Gasteiger partial charge in [0.05, 0.1) is 35.9 Å². The van der Waals surface area contributed by atoms with Crippen LogP contribution in [0.1, 0.15) is 9.67 Å². The summed E-state index contributed by atoms with van der Waals surface area (Å²) in [6, 6.07) is 11.6. The summed E-state index contributed by atoms with van der Waals surface area (Å²) < 4.78 is 35.7. The number of carbonyl (C=O) groups excluding carboxylic acids is 1. The van der Waals surface area contributed by atoms with Gasteiger partial charge in [-0.3, -0.25) is 9.78 Å². The van der Waals surface area contributed by atoms with Gasteiger partial charge < -0.3 is 9.47 Å². The predicted octanol–water partition coefficient (Wildman–Crippen LogP) is 2.83. The van der Waals surface area contributed by atoms with Crippen LogP contribution in [0.3, 0.4) is 0 Å². The summed E-state index contributed by atoms with van der Waals surface area (Å²) in [6.07, 6.45) is 2.59. The van der Waals surface area contributed by atoms with Crippen molar-refractivity contribution in [1.82, 2.24) is 9.97 Å². The number of methoxy groups -OCH3 is 2. The number of hydrogen-bond donors (Lipinski definition) is 0. The highest BCUT2D eigenvalue weighted by atomic mass is 32.2. The van der Waals surface area contributed by atoms with Crippen molar-refractivity contribution in [3.63, 3.8) is 0 Å². The van der Waals surface area contributed by atoms with Gasteiger partial charge in [-0.1, -0.05) is 6.07 Å². The summed E-state index contributed by atoms with van der Waals surface area (Å²) in [4.78, 5) is 22.4. The number of thiophene rings is 1. The summed E-state index contributed by atoms with van der Waals surface area (Å²) >= 11 is 1.15. The van der Waals surface area contributed by atoms with Crippen molar-refractivity contribution in [3.05, 3.63) is 53.5 Å². The largest absolute Gasteiger partial charge is 0.481 e. The molecule has 0 atom stereocenters. The molecule has 0 unspecified atom stereocenters. The first-order valence-corrected chi connectivity index (χ1v) is 10.7. The normalized spacial score (nSPS) is 11.1. The number of hydrogen-bond acceptors (Lipinski definition) is 8. The molecular weight excluding hydrogens is 402 g/mol. The number of rotatable bonds is 6. The van der Waals surface area contributed by atoms with Gasteiger partial charge in [-0.05, 0) is 30.3 Å². The molecule has 0 aliphatic carbocycles. The summed E-state index contributed by atoms with van der Waals surface area (Å²) in [5.41, 5.74) is 0.699. The van der Waals surface area contributed by atoms with Crippen molar-refractivity contribution < 1.29 is 22.7 Å². The van der Waals surface area contributed by atoms with Crippen molar-refractivity contribution in [2.45, 2.75) is 0 Å². The lowest BCUT2D eigenvalue weighted by molar-refractivity contribution is 0.101. The highest BCUT2D eigenvalue weighted by Crippen LogP contribution is 2.34. The molecule has 1 amide bonds. The second-order valence-corrected chi connectivity index (χ2v) is 8.51. The Morgan fingerprint density at radius 1 is 1.07 bits per heavy atom. The van der Waals surface area contributed by atoms with Crippen molar-refractivity contribution in [3.8, 4) is 22.3 Å². The molecule has 0 N–H and O–H groups in total. The van der Waals surface area contributed by atoms with Gasteiger partial charge in [-0.25, -0.2) is 8.42 Å². The van der Waals surface area contributed by atoms with Crippen molar-refractivity contribution in [1.29, 1.82) is 0 Å². The van der Waals surface area contributed by atoms with Crippen LogP contribution >= 0.6 is 11.3 Å². The van der Waals surface area contributed by atoms with Crippen molar-refractivity contribution >= 4 is 33.0 Å². The zero-order valence-corrected chi connectivity index (χ0v) is 17.0. The van der Waals surface area contributed by atoms with Crippen LogP contribution in [0.4, 0.5) is 5.69 Å². The Kier molecular flexibility index (Phi) is 5.61. The Labute approximate surface area is 166 Å². The van der Waals surface area contributed by atoms with Crippen LogP contribution < -0.4 is 13.8 Å². The summed E-state index contributed by atoms with van der Waals surface area (Å²) in [6.45, 7) is 0. The minimum Gasteiger partial charge on any atom is -0.481 e. The van der Waals surface area contributed by atoms with E-state index in [1.165, 1.54) is 26.4 Å². The monoisotopic (exact) mass is 419 g/mol. The van der Waals surface area contributed by atoms with Crippen LogP contribution in [0, 0.1) is 0 Å². The Morgan fingerprint density at radius 3 is 2.46 bits per heavy atom. The second-order valence-electron chi connectivity index (χ2n) is 5.59. The lowest BCUT2D eigenvalue weighted by atomic mass is 10.3. The van der Waals surface area contributed by atoms with E-state index in [2.05, 4.69) is 9.97 Å². The SMILES string of the molecule is COc1ccc(N(C(=O)c2ccc(-c3ccccn3)s2)S(C)(=O)=O)c(OC)n1. The molecule has 8 nitrogen and oxygen atoms in total. The minimum absolute atomic E-state index is 0.00332. The molecule has 146 valence electrons. The van der Waals surface area contributed by atoms with Gasteiger partial charge in [0.1, 0.15) is 5.69 Å². The van der Waals surface area contributed by atoms with Crippen LogP contribution in [0.2, 0.25) is 0 Å². The molecule has 3 heterocycles. The zero-order chi connectivity index (χ0) is 20.3. The average Bonchev–Trinajstić information content (AvgIpc) is 3.18. The average molecular weight is 419 g/mol. The van der Waals surface area contributed by atoms with E-state index in [4.69, 9.17) is 9.47 Å². The number of pyridine rings is 2. The first kappa shape index (κ1) is 19.8. The van der Waals surface area contributed by atoms with E-state index in [1.54, 1.807) is 24.4 Å². The van der Waals surface area contributed by atoms with E-state index in [0.29, 0.717) is 10.00 Å². The third-order valence-electron chi connectivity index (χ3n) is 3.69. The molecule has 0 fully saturated rings. The van der Waals surface area contributed by atoms with Crippen LogP contribution in [0.15, 0.2) is 48.7 Å². The van der Waals surface area contributed by atoms with E-state index in [1.807, 2.05) is 12.1 Å². The van der Waals surface area contributed by atoms with E-state index in [0.717, 1.165) is 22.5 Å². The summed E-state index contributed by atoms with van der Waals surface area (Å²) in [5.74, 6) is -0.519. The summed E-state index contributed by atoms with van der Waals surface area (Å²) in [7, 11) is -1.20. The molecule has 10 heteroatoms. The van der Waals surface area contributed by atoms with Gasteiger partial charge in [-0.15, -0.1) is 11.3 Å². The molecule has 0 bridgehead atoms. The van der Waals surface area contributed by atoms with Gasteiger partial charge in [0.2, 0.25) is 21.8 Å². The van der Waals surface area contributed by atoms with Gasteiger partial charge in [0.25, 0.3) is 5.91 Å². The third-order valence-corrected chi connectivity index (χ3v) is 5.81. The maximum atomic E-state index is 13.1. The number of amides is 1. The standard InChI is InChI=1S/C18H17N3O5S2/c1-25-16-10-7-13(17(20-16)26-2)21(28(3,23)24)18(22)15-9-8-14(27-15)12-6-4-5-11-19-12/h4-11H,1-3H3. The van der Waals surface area contributed by atoms with Crippen molar-refractivity contribution in [2.75, 3.05) is 24.8 Å². The summed E-state index contributed by atoms with van der Waals surface area (Å²) in [5, 5.41) is 0. The first-order chi connectivity index (χ1) is 13.3. The molecule has 3 aromatic rings. The maximum absolute atomic E-state index is 13.1. The fourth-order valence-corrected chi connectivity index (χ4v) is 4.34. The maximum Gasteiger partial charge on any atom is 0.282 e. The van der Waals surface area contributed by atoms with E-state index in [-0.39, 0.29) is 22.3 Å². The molecular formula is C18H17N3O5S2. The lowest BCUT2D eigenvalue weighted by Gasteiger charge is -2.21. The van der Waals surface area contributed by atoms with Crippen LogP contribution in [-0.4, -0.2) is 44.8 Å². The quantitative estimate of drug-likeness (QED) is 0.606. The zero-order valence-electron chi connectivity index (χ0n) is 15.3. The number of anilines is 1. The molecule has 0 radical (unpaired) electrons. The number of ether oxygens (including phenoxy) is 2. The Hall–Kier alpha value is -2.98. The number of aromatic nitrogens is 2. The fraction of sp³-hybridized carbons (Fsp3) is 0.167. The second kappa shape index (κ2) is 7.95. The van der Waals surface area contributed by atoms with Crippen molar-refractivity contribution in [2.24, 2.45) is 0 Å². The highest BCUT2D eigenvalue weighted by Gasteiger charge is 2.31. The predicted molar refractivity (Wildman–Crippen MR) is 107 cm³/mol. The van der Waals surface area contributed by atoms with Crippen LogP contribution in [-0.2, 0) is 10.0 Å². The Bertz CT molecular complexity index is 1100. The third kappa shape index (κ3) is 3.97. The molecule has 0 aliphatic rings. The smallest absolute Gasteiger partial charge is 0.282 e. The van der Waals surface area contributed by atoms with Crippen LogP contribution in [0.5, 0.6) is 11.8 Å². The molecule has 0 aromatic carbocycles. The first-order valence-electron chi connectivity index (χ1n) is 8.00. The van der Waals surface area contributed by atoms with Gasteiger partial charge in [-0.2, -0.15) is 9.29 Å². The number of carbonyl (C=O) groups is 1. The Balaban J connectivity index is 2.05. The molecule has 3 aromatic heterocycles. The van der Waals surface area contributed by atoms with E-state index in [9.17, 15) is 13.2 Å². The fourth-order valence-electron chi connectivity index (χ4n) is 2.47. The molecule has 0 spiro atoms. The van der Waals surface area contributed by atoms with E-state index >= 15 is 0 Å². The van der Waals surface area contributed by atoms with Gasteiger partial charge in [0, 0.05) is 12.3 Å². The van der Waals surface area contributed by atoms with Gasteiger partial charge >= 0.3 is 0 Å². The molecule has 0 aliphatic heterocycles. The molecule has 28 heavy (non-hydrogen) atoms. The molecule has 0 saturated carbocycles. The number of sulfonamides is 1. The number of nitrogens with zero attached hydrogens (tertiary/aromatic N) is 3. The van der Waals surface area contributed by atoms with E-state index < -0.39 is 15.9 Å². The Morgan fingerprint density at radius 2 is 1.86 bits per heavy atom. The molecule has 3 rings (SSSR count). The lowest BCUT2D eigenvalue weighted by Crippen LogP contribution is -2.36. The molecule has 0 saturated heterocycles. The minimum atomic E-state index is -3.96. The van der Waals surface area contributed by atoms with Crippen LogP contribution in [0.25, 0.3) is 10.6 Å². The van der Waals surface area contributed by atoms with Gasteiger partial charge in [0.15, 0.2) is 0 Å².